The fourth-order valence-corrected chi connectivity index (χ4v) is 2.05. The van der Waals surface area contributed by atoms with Crippen molar-refractivity contribution in [2.75, 3.05) is 6.54 Å². The summed E-state index contributed by atoms with van der Waals surface area (Å²) >= 11 is 3.15. The second-order valence-corrected chi connectivity index (χ2v) is 5.58. The first-order valence-electron chi connectivity index (χ1n) is 5.90. The number of nitrogens with one attached hydrogen (secondary N) is 1. The van der Waals surface area contributed by atoms with Crippen molar-refractivity contribution in [2.24, 2.45) is 11.7 Å². The van der Waals surface area contributed by atoms with Crippen molar-refractivity contribution < 1.29 is 9.18 Å². The van der Waals surface area contributed by atoms with Gasteiger partial charge in [0.1, 0.15) is 5.82 Å². The lowest BCUT2D eigenvalue weighted by Gasteiger charge is -2.19. The normalized spacial score (nSPS) is 12.6. The summed E-state index contributed by atoms with van der Waals surface area (Å²) < 4.78 is 14.2. The molecule has 0 spiro atoms. The quantitative estimate of drug-likeness (QED) is 0.877. The number of halogens is 2. The lowest BCUT2D eigenvalue weighted by atomic mass is 10.0. The zero-order chi connectivity index (χ0) is 13.7. The number of carbonyl (C=O) groups is 1. The van der Waals surface area contributed by atoms with Crippen LogP contribution in [0.1, 0.15) is 30.6 Å². The first-order valence-corrected chi connectivity index (χ1v) is 6.69. The van der Waals surface area contributed by atoms with Crippen molar-refractivity contribution in [3.63, 3.8) is 0 Å². The Labute approximate surface area is 115 Å². The van der Waals surface area contributed by atoms with Crippen LogP contribution in [-0.2, 0) is 0 Å². The number of nitrogens with two attached hydrogens (primary N) is 1. The number of amides is 1. The Balaban J connectivity index is 2.74. The van der Waals surface area contributed by atoms with E-state index >= 15 is 0 Å². The summed E-state index contributed by atoms with van der Waals surface area (Å²) in [5.41, 5.74) is 5.64. The van der Waals surface area contributed by atoms with Gasteiger partial charge in [-0.05, 0) is 30.5 Å². The van der Waals surface area contributed by atoms with E-state index in [2.05, 4.69) is 35.1 Å². The zero-order valence-corrected chi connectivity index (χ0v) is 12.1. The largest absolute Gasteiger partial charge is 0.348 e. The third-order valence-electron chi connectivity index (χ3n) is 2.55. The highest BCUT2D eigenvalue weighted by atomic mass is 79.9. The highest BCUT2D eigenvalue weighted by Gasteiger charge is 2.16. The van der Waals surface area contributed by atoms with Crippen LogP contribution in [0.25, 0.3) is 0 Å². The molecule has 0 aliphatic carbocycles. The third kappa shape index (κ3) is 4.38. The molecule has 3 nitrogen and oxygen atoms in total. The summed E-state index contributed by atoms with van der Waals surface area (Å²) in [5.74, 6) is -0.535. The van der Waals surface area contributed by atoms with E-state index in [0.29, 0.717) is 16.9 Å². The molecule has 18 heavy (non-hydrogen) atoms. The number of rotatable bonds is 5. The fourth-order valence-electron chi connectivity index (χ4n) is 1.72. The highest BCUT2D eigenvalue weighted by Crippen LogP contribution is 2.15. The minimum atomic E-state index is -0.540. The molecular weight excluding hydrogens is 299 g/mol. The first-order chi connectivity index (χ1) is 8.43. The van der Waals surface area contributed by atoms with Crippen LogP contribution in [0.15, 0.2) is 22.7 Å². The number of benzene rings is 1. The van der Waals surface area contributed by atoms with E-state index in [1.807, 2.05) is 0 Å². The molecule has 1 rings (SSSR count). The van der Waals surface area contributed by atoms with Gasteiger partial charge in [0, 0.05) is 17.1 Å². The molecule has 0 fully saturated rings. The van der Waals surface area contributed by atoms with Gasteiger partial charge in [-0.3, -0.25) is 4.79 Å². The summed E-state index contributed by atoms with van der Waals surface area (Å²) in [4.78, 5) is 11.9. The molecule has 1 unspecified atom stereocenters. The Morgan fingerprint density at radius 1 is 1.50 bits per heavy atom. The molecule has 1 atom stereocenters. The van der Waals surface area contributed by atoms with E-state index in [0.717, 1.165) is 6.42 Å². The van der Waals surface area contributed by atoms with Crippen LogP contribution < -0.4 is 11.1 Å². The maximum Gasteiger partial charge on any atom is 0.254 e. The molecule has 0 bridgehead atoms. The minimum Gasteiger partial charge on any atom is -0.348 e. The van der Waals surface area contributed by atoms with Gasteiger partial charge in [0.05, 0.1) is 5.56 Å². The van der Waals surface area contributed by atoms with Crippen LogP contribution in [0.2, 0.25) is 0 Å². The Bertz CT molecular complexity index is 423. The predicted molar refractivity (Wildman–Crippen MR) is 73.9 cm³/mol. The van der Waals surface area contributed by atoms with Crippen molar-refractivity contribution in [2.45, 2.75) is 26.3 Å². The van der Waals surface area contributed by atoms with Gasteiger partial charge in [0.2, 0.25) is 0 Å². The molecule has 0 aliphatic heterocycles. The molecule has 0 saturated heterocycles. The lowest BCUT2D eigenvalue weighted by Crippen LogP contribution is -2.41. The number of hydrogen-bond donors (Lipinski definition) is 2. The molecule has 0 heterocycles. The Morgan fingerprint density at radius 2 is 2.17 bits per heavy atom. The van der Waals surface area contributed by atoms with E-state index in [4.69, 9.17) is 5.73 Å². The molecule has 1 aromatic carbocycles. The van der Waals surface area contributed by atoms with Crippen LogP contribution in [0.4, 0.5) is 4.39 Å². The van der Waals surface area contributed by atoms with E-state index < -0.39 is 11.7 Å². The summed E-state index contributed by atoms with van der Waals surface area (Å²) in [5, 5.41) is 2.76. The van der Waals surface area contributed by atoms with Gasteiger partial charge >= 0.3 is 0 Å². The molecule has 3 N–H and O–H groups in total. The zero-order valence-electron chi connectivity index (χ0n) is 10.5. The van der Waals surface area contributed by atoms with E-state index in [1.54, 1.807) is 6.07 Å². The SMILES string of the molecule is CC(C)CC(CN)NC(=O)c1ccc(Br)cc1F. The van der Waals surface area contributed by atoms with Crippen molar-refractivity contribution in [3.05, 3.63) is 34.1 Å². The first kappa shape index (κ1) is 15.1. The molecule has 0 aliphatic rings. The van der Waals surface area contributed by atoms with Crippen LogP contribution in [0.5, 0.6) is 0 Å². The third-order valence-corrected chi connectivity index (χ3v) is 3.04. The number of carbonyl (C=O) groups excluding carboxylic acids is 1. The summed E-state index contributed by atoms with van der Waals surface area (Å²) in [6.45, 7) is 4.45. The van der Waals surface area contributed by atoms with Crippen molar-refractivity contribution >= 4 is 21.8 Å². The van der Waals surface area contributed by atoms with Crippen molar-refractivity contribution in [3.8, 4) is 0 Å². The Hall–Kier alpha value is -0.940. The van der Waals surface area contributed by atoms with Gasteiger partial charge in [0.25, 0.3) is 5.91 Å². The summed E-state index contributed by atoms with van der Waals surface area (Å²) in [7, 11) is 0. The topological polar surface area (TPSA) is 55.1 Å². The van der Waals surface area contributed by atoms with Gasteiger partial charge in [-0.2, -0.15) is 0 Å². The standard InChI is InChI=1S/C13H18BrFN2O/c1-8(2)5-10(7-16)17-13(18)11-4-3-9(14)6-12(11)15/h3-4,6,8,10H,5,7,16H2,1-2H3,(H,17,18). The van der Waals surface area contributed by atoms with Gasteiger partial charge in [0.15, 0.2) is 0 Å². The second kappa shape index (κ2) is 6.85. The predicted octanol–water partition coefficient (Wildman–Crippen LogP) is 2.69. The Kier molecular flexibility index (Phi) is 5.75. The van der Waals surface area contributed by atoms with Gasteiger partial charge < -0.3 is 11.1 Å². The van der Waals surface area contributed by atoms with Crippen LogP contribution in [0, 0.1) is 11.7 Å². The lowest BCUT2D eigenvalue weighted by molar-refractivity contribution is 0.0929. The molecule has 1 amide bonds. The molecule has 100 valence electrons. The number of hydrogen-bond acceptors (Lipinski definition) is 2. The van der Waals surface area contributed by atoms with Gasteiger partial charge in [-0.1, -0.05) is 29.8 Å². The van der Waals surface area contributed by atoms with E-state index in [-0.39, 0.29) is 11.6 Å². The van der Waals surface area contributed by atoms with Crippen LogP contribution in [-0.4, -0.2) is 18.5 Å². The molecule has 0 saturated carbocycles. The monoisotopic (exact) mass is 316 g/mol. The van der Waals surface area contributed by atoms with Gasteiger partial charge in [-0.25, -0.2) is 4.39 Å². The smallest absolute Gasteiger partial charge is 0.254 e. The molecule has 0 aromatic heterocycles. The van der Waals surface area contributed by atoms with Crippen LogP contribution in [0.3, 0.4) is 0 Å². The molecule has 5 heteroatoms. The molecular formula is C13H18BrFN2O. The maximum absolute atomic E-state index is 13.6. The van der Waals surface area contributed by atoms with E-state index in [9.17, 15) is 9.18 Å². The molecule has 1 aromatic rings. The average molecular weight is 317 g/mol. The average Bonchev–Trinajstić information content (AvgIpc) is 2.27. The highest BCUT2D eigenvalue weighted by molar-refractivity contribution is 9.10. The minimum absolute atomic E-state index is 0.0420. The van der Waals surface area contributed by atoms with E-state index in [1.165, 1.54) is 12.1 Å². The van der Waals surface area contributed by atoms with Crippen molar-refractivity contribution in [1.82, 2.24) is 5.32 Å². The Morgan fingerprint density at radius 3 is 2.67 bits per heavy atom. The fraction of sp³-hybridized carbons (Fsp3) is 0.462. The van der Waals surface area contributed by atoms with Crippen LogP contribution >= 0.6 is 15.9 Å². The van der Waals surface area contributed by atoms with Gasteiger partial charge in [-0.15, -0.1) is 0 Å². The van der Waals surface area contributed by atoms with Crippen molar-refractivity contribution in [1.29, 1.82) is 0 Å². The molecule has 0 radical (unpaired) electrons. The maximum atomic E-state index is 13.6. The second-order valence-electron chi connectivity index (χ2n) is 4.66. The summed E-state index contributed by atoms with van der Waals surface area (Å²) in [6, 6.07) is 4.24. The summed E-state index contributed by atoms with van der Waals surface area (Å²) in [6.07, 6.45) is 0.778.